The van der Waals surface area contributed by atoms with Crippen molar-refractivity contribution in [3.05, 3.63) is 64.5 Å². The lowest BCUT2D eigenvalue weighted by molar-refractivity contribution is -0.137. The lowest BCUT2D eigenvalue weighted by Crippen LogP contribution is -2.44. The number of rotatable bonds is 2. The Balaban J connectivity index is 1.72. The fourth-order valence-electron chi connectivity index (χ4n) is 3.43. The van der Waals surface area contributed by atoms with Gasteiger partial charge in [0, 0.05) is 43.3 Å². The third kappa shape index (κ3) is 3.62. The van der Waals surface area contributed by atoms with Crippen LogP contribution in [0.5, 0.6) is 0 Å². The molecular formula is C21H19F3N2O2. The van der Waals surface area contributed by atoms with E-state index in [1.165, 1.54) is 12.1 Å². The van der Waals surface area contributed by atoms with Gasteiger partial charge in [-0.1, -0.05) is 12.1 Å². The Morgan fingerprint density at radius 3 is 2.43 bits per heavy atom. The number of fused-ring (bicyclic) bond motifs is 1. The SMILES string of the molecule is CN1CCN(c2ccc3cc(-c4cccc(C(F)(F)F)c4)c(=O)oc3c2)CC1. The highest BCUT2D eigenvalue weighted by Crippen LogP contribution is 2.32. The summed E-state index contributed by atoms with van der Waals surface area (Å²) in [6.45, 7) is 3.68. The van der Waals surface area contributed by atoms with Crippen LogP contribution in [0, 0.1) is 0 Å². The molecule has 1 fully saturated rings. The molecule has 0 N–H and O–H groups in total. The number of likely N-dealkylation sites (N-methyl/N-ethyl adjacent to an activating group) is 1. The van der Waals surface area contributed by atoms with Gasteiger partial charge >= 0.3 is 11.8 Å². The van der Waals surface area contributed by atoms with Crippen LogP contribution in [-0.4, -0.2) is 38.1 Å². The van der Waals surface area contributed by atoms with Crippen molar-refractivity contribution in [1.82, 2.24) is 4.90 Å². The second kappa shape index (κ2) is 6.98. The minimum absolute atomic E-state index is 0.117. The number of hydrogen-bond acceptors (Lipinski definition) is 4. The lowest BCUT2D eigenvalue weighted by Gasteiger charge is -2.34. The van der Waals surface area contributed by atoms with Crippen molar-refractivity contribution in [2.75, 3.05) is 38.1 Å². The molecule has 0 amide bonds. The first-order valence-corrected chi connectivity index (χ1v) is 9.00. The molecule has 28 heavy (non-hydrogen) atoms. The molecular weight excluding hydrogens is 369 g/mol. The normalized spacial score (nSPS) is 15.9. The van der Waals surface area contributed by atoms with Crippen LogP contribution in [-0.2, 0) is 6.18 Å². The fraction of sp³-hybridized carbons (Fsp3) is 0.286. The maximum absolute atomic E-state index is 13.0. The van der Waals surface area contributed by atoms with Crippen molar-refractivity contribution in [2.45, 2.75) is 6.18 Å². The Kier molecular flexibility index (Phi) is 4.63. The van der Waals surface area contributed by atoms with E-state index in [0.717, 1.165) is 44.0 Å². The van der Waals surface area contributed by atoms with Crippen molar-refractivity contribution in [1.29, 1.82) is 0 Å². The Morgan fingerprint density at radius 2 is 1.71 bits per heavy atom. The molecule has 1 aliphatic rings. The summed E-state index contributed by atoms with van der Waals surface area (Å²) in [6, 6.07) is 11.9. The predicted octanol–water partition coefficient (Wildman–Crippen LogP) is 4.23. The number of alkyl halides is 3. The molecule has 0 unspecified atom stereocenters. The number of hydrogen-bond donors (Lipinski definition) is 0. The topological polar surface area (TPSA) is 36.7 Å². The van der Waals surface area contributed by atoms with E-state index in [4.69, 9.17) is 4.42 Å². The molecule has 1 aliphatic heterocycles. The summed E-state index contributed by atoms with van der Waals surface area (Å²) in [6.07, 6.45) is -4.47. The van der Waals surface area contributed by atoms with Gasteiger partial charge in [0.2, 0.25) is 0 Å². The van der Waals surface area contributed by atoms with Gasteiger partial charge in [0.25, 0.3) is 0 Å². The Hall–Kier alpha value is -2.80. The molecule has 3 aromatic rings. The molecule has 4 nitrogen and oxygen atoms in total. The van der Waals surface area contributed by atoms with Gasteiger partial charge in [-0.3, -0.25) is 0 Å². The van der Waals surface area contributed by atoms with Gasteiger partial charge in [-0.15, -0.1) is 0 Å². The molecule has 1 saturated heterocycles. The Labute approximate surface area is 159 Å². The first-order chi connectivity index (χ1) is 13.3. The highest BCUT2D eigenvalue weighted by Gasteiger charge is 2.30. The largest absolute Gasteiger partial charge is 0.422 e. The number of halogens is 3. The standard InChI is InChI=1S/C21H19F3N2O2/c1-25-7-9-26(10-8-25)17-6-5-15-12-18(20(27)28-19(15)13-17)14-3-2-4-16(11-14)21(22,23)24/h2-6,11-13H,7-10H2,1H3. The quantitative estimate of drug-likeness (QED) is 0.616. The van der Waals surface area contributed by atoms with E-state index in [9.17, 15) is 18.0 Å². The van der Waals surface area contributed by atoms with E-state index < -0.39 is 17.4 Å². The van der Waals surface area contributed by atoms with Crippen LogP contribution in [0.2, 0.25) is 0 Å². The average molecular weight is 388 g/mol. The molecule has 0 spiro atoms. The van der Waals surface area contributed by atoms with E-state index in [-0.39, 0.29) is 11.1 Å². The van der Waals surface area contributed by atoms with Gasteiger partial charge in [0.15, 0.2) is 0 Å². The van der Waals surface area contributed by atoms with Crippen LogP contribution in [0.15, 0.2) is 57.7 Å². The highest BCUT2D eigenvalue weighted by atomic mass is 19.4. The van der Waals surface area contributed by atoms with Crippen LogP contribution in [0.25, 0.3) is 22.1 Å². The number of anilines is 1. The molecule has 0 bridgehead atoms. The van der Waals surface area contributed by atoms with Crippen molar-refractivity contribution >= 4 is 16.7 Å². The highest BCUT2D eigenvalue weighted by molar-refractivity contribution is 5.84. The van der Waals surface area contributed by atoms with Crippen LogP contribution in [0.3, 0.4) is 0 Å². The van der Waals surface area contributed by atoms with Crippen LogP contribution < -0.4 is 10.5 Å². The third-order valence-corrected chi connectivity index (χ3v) is 5.09. The van der Waals surface area contributed by atoms with Gasteiger partial charge in [0.1, 0.15) is 5.58 Å². The second-order valence-corrected chi connectivity index (χ2v) is 7.04. The number of benzene rings is 2. The average Bonchev–Trinajstić information content (AvgIpc) is 2.67. The summed E-state index contributed by atoms with van der Waals surface area (Å²) in [5.74, 6) is 0. The molecule has 0 saturated carbocycles. The van der Waals surface area contributed by atoms with Crippen molar-refractivity contribution in [3.63, 3.8) is 0 Å². The molecule has 7 heteroatoms. The van der Waals surface area contributed by atoms with Crippen molar-refractivity contribution in [3.8, 4) is 11.1 Å². The van der Waals surface area contributed by atoms with Gasteiger partial charge in [-0.05, 0) is 42.9 Å². The summed E-state index contributed by atoms with van der Waals surface area (Å²) < 4.78 is 44.4. The summed E-state index contributed by atoms with van der Waals surface area (Å²) in [7, 11) is 2.08. The van der Waals surface area contributed by atoms with Crippen molar-refractivity contribution in [2.24, 2.45) is 0 Å². The van der Waals surface area contributed by atoms with Crippen molar-refractivity contribution < 1.29 is 17.6 Å². The second-order valence-electron chi connectivity index (χ2n) is 7.04. The van der Waals surface area contributed by atoms with Crippen LogP contribution in [0.4, 0.5) is 18.9 Å². The zero-order valence-corrected chi connectivity index (χ0v) is 15.3. The lowest BCUT2D eigenvalue weighted by atomic mass is 10.0. The third-order valence-electron chi connectivity index (χ3n) is 5.09. The van der Waals surface area contributed by atoms with E-state index in [0.29, 0.717) is 11.0 Å². The zero-order valence-electron chi connectivity index (χ0n) is 15.3. The fourth-order valence-corrected chi connectivity index (χ4v) is 3.43. The first kappa shape index (κ1) is 18.6. The van der Waals surface area contributed by atoms with E-state index in [2.05, 4.69) is 16.8 Å². The molecule has 2 aromatic carbocycles. The van der Waals surface area contributed by atoms with Gasteiger partial charge in [-0.2, -0.15) is 13.2 Å². The molecule has 4 rings (SSSR count). The number of nitrogens with zero attached hydrogens (tertiary/aromatic N) is 2. The summed E-state index contributed by atoms with van der Waals surface area (Å²) >= 11 is 0. The maximum Gasteiger partial charge on any atom is 0.416 e. The van der Waals surface area contributed by atoms with Crippen LogP contribution >= 0.6 is 0 Å². The van der Waals surface area contributed by atoms with E-state index >= 15 is 0 Å². The first-order valence-electron chi connectivity index (χ1n) is 9.00. The minimum atomic E-state index is -4.47. The smallest absolute Gasteiger partial charge is 0.416 e. The van der Waals surface area contributed by atoms with E-state index in [1.807, 2.05) is 18.2 Å². The summed E-state index contributed by atoms with van der Waals surface area (Å²) in [5.41, 5.74) is 0.254. The van der Waals surface area contributed by atoms with Gasteiger partial charge in [0.05, 0.1) is 11.1 Å². The minimum Gasteiger partial charge on any atom is -0.422 e. The molecule has 146 valence electrons. The van der Waals surface area contributed by atoms with Crippen LogP contribution in [0.1, 0.15) is 5.56 Å². The molecule has 1 aromatic heterocycles. The molecule has 0 aliphatic carbocycles. The maximum atomic E-state index is 13.0. The molecule has 0 radical (unpaired) electrons. The predicted molar refractivity (Wildman–Crippen MR) is 103 cm³/mol. The van der Waals surface area contributed by atoms with E-state index in [1.54, 1.807) is 6.07 Å². The van der Waals surface area contributed by atoms with Gasteiger partial charge < -0.3 is 14.2 Å². The zero-order chi connectivity index (χ0) is 19.9. The summed E-state index contributed by atoms with van der Waals surface area (Å²) in [5, 5.41) is 0.671. The molecule has 0 atom stereocenters. The monoisotopic (exact) mass is 388 g/mol. The van der Waals surface area contributed by atoms with Gasteiger partial charge in [-0.25, -0.2) is 4.79 Å². The summed E-state index contributed by atoms with van der Waals surface area (Å²) in [4.78, 5) is 16.9. The molecule has 2 heterocycles. The number of piperazine rings is 1. The Bertz CT molecular complexity index is 1070. The Morgan fingerprint density at radius 1 is 0.964 bits per heavy atom.